The van der Waals surface area contributed by atoms with E-state index in [0.29, 0.717) is 29.3 Å². The Kier molecular flexibility index (Phi) is 8.62. The number of pyridine rings is 2. The molecule has 1 amide bonds. The lowest BCUT2D eigenvalue weighted by Crippen LogP contribution is -2.38. The van der Waals surface area contributed by atoms with E-state index in [1.807, 2.05) is 32.6 Å². The smallest absolute Gasteiger partial charge is 0.281 e. The summed E-state index contributed by atoms with van der Waals surface area (Å²) in [6.07, 6.45) is 1.71. The van der Waals surface area contributed by atoms with Gasteiger partial charge in [0.1, 0.15) is 28.7 Å². The molecule has 1 aromatic carbocycles. The average Bonchev–Trinajstić information content (AvgIpc) is 3.23. The third-order valence-corrected chi connectivity index (χ3v) is 7.96. The van der Waals surface area contributed by atoms with E-state index in [4.69, 9.17) is 14.5 Å². The first-order chi connectivity index (χ1) is 18.9. The summed E-state index contributed by atoms with van der Waals surface area (Å²) >= 11 is 0. The molecule has 1 aliphatic heterocycles. The maximum absolute atomic E-state index is 14.6. The number of carbonyl (C=O) groups is 1. The Bertz CT molecular complexity index is 1500. The summed E-state index contributed by atoms with van der Waals surface area (Å²) in [5.41, 5.74) is 1.25. The molecular formula is C29H35FN4O5S. The van der Waals surface area contributed by atoms with E-state index in [0.717, 1.165) is 12.8 Å². The molecule has 1 saturated heterocycles. The number of aromatic nitrogens is 2. The van der Waals surface area contributed by atoms with Crippen molar-refractivity contribution in [2.24, 2.45) is 5.92 Å². The number of anilines is 1. The highest BCUT2D eigenvalue weighted by atomic mass is 32.2. The van der Waals surface area contributed by atoms with Crippen molar-refractivity contribution in [3.63, 3.8) is 0 Å². The molecule has 3 heterocycles. The lowest BCUT2D eigenvalue weighted by atomic mass is 10.1. The first-order valence-corrected chi connectivity index (χ1v) is 14.7. The Balaban J connectivity index is 1.84. The van der Waals surface area contributed by atoms with Gasteiger partial charge in [-0.15, -0.1) is 0 Å². The third kappa shape index (κ3) is 6.35. The van der Waals surface area contributed by atoms with Crippen LogP contribution in [0.3, 0.4) is 0 Å². The molecule has 0 saturated carbocycles. The summed E-state index contributed by atoms with van der Waals surface area (Å²) in [4.78, 5) is 24.5. The summed E-state index contributed by atoms with van der Waals surface area (Å²) in [6, 6.07) is 10.4. The van der Waals surface area contributed by atoms with Gasteiger partial charge in [0.05, 0.1) is 19.4 Å². The van der Waals surface area contributed by atoms with Crippen molar-refractivity contribution >= 4 is 21.7 Å². The second-order valence-corrected chi connectivity index (χ2v) is 12.2. The summed E-state index contributed by atoms with van der Waals surface area (Å²) in [5, 5.41) is -0.275. The van der Waals surface area contributed by atoms with E-state index in [-0.39, 0.29) is 40.2 Å². The van der Waals surface area contributed by atoms with Gasteiger partial charge in [0, 0.05) is 35.5 Å². The quantitative estimate of drug-likeness (QED) is 0.377. The molecule has 0 bridgehead atoms. The predicted molar refractivity (Wildman–Crippen MR) is 151 cm³/mol. The summed E-state index contributed by atoms with van der Waals surface area (Å²) in [7, 11) is -2.90. The molecule has 0 aliphatic carbocycles. The number of benzene rings is 1. The van der Waals surface area contributed by atoms with Gasteiger partial charge in [0.15, 0.2) is 5.03 Å². The Morgan fingerprint density at radius 2 is 1.82 bits per heavy atom. The van der Waals surface area contributed by atoms with Crippen LogP contribution in [0.1, 0.15) is 56.6 Å². The van der Waals surface area contributed by atoms with Crippen molar-refractivity contribution < 1.29 is 27.1 Å². The third-order valence-electron chi connectivity index (χ3n) is 6.72. The number of hydrogen-bond donors (Lipinski definition) is 1. The Labute approximate surface area is 234 Å². The van der Waals surface area contributed by atoms with Crippen molar-refractivity contribution in [3.8, 4) is 22.8 Å². The number of sulfonamides is 1. The fourth-order valence-corrected chi connectivity index (χ4v) is 5.75. The van der Waals surface area contributed by atoms with Crippen LogP contribution in [0.15, 0.2) is 47.5 Å². The summed E-state index contributed by atoms with van der Waals surface area (Å²) in [6.45, 7) is 10.1. The van der Waals surface area contributed by atoms with Gasteiger partial charge >= 0.3 is 0 Å². The van der Waals surface area contributed by atoms with Crippen molar-refractivity contribution in [2.45, 2.75) is 64.6 Å². The zero-order chi connectivity index (χ0) is 29.2. The lowest BCUT2D eigenvalue weighted by molar-refractivity contribution is 0.0978. The van der Waals surface area contributed by atoms with Crippen LogP contribution in [0, 0.1) is 18.7 Å². The number of amides is 1. The van der Waals surface area contributed by atoms with E-state index < -0.39 is 21.7 Å². The molecule has 1 N–H and O–H groups in total. The first-order valence-electron chi connectivity index (χ1n) is 13.2. The zero-order valence-electron chi connectivity index (χ0n) is 23.6. The lowest BCUT2D eigenvalue weighted by Gasteiger charge is -2.30. The standard InChI is InChI=1S/C29H35FN4O5S/c1-17(2)16-39-23-13-21(12-22(30)14-23)24-15-25(38-6)27(28(32-24)34-19(4)10-11-20(34)5)29(35)33-40(36,37)26-9-7-8-18(3)31-26/h7-9,12-15,17,19-20H,10-11,16H2,1-6H3,(H,33,35)/t19-,20+. The average molecular weight is 571 g/mol. The number of nitrogens with one attached hydrogen (secondary N) is 1. The monoisotopic (exact) mass is 570 g/mol. The van der Waals surface area contributed by atoms with Crippen LogP contribution in [0.4, 0.5) is 10.2 Å². The maximum Gasteiger partial charge on any atom is 0.281 e. The van der Waals surface area contributed by atoms with Gasteiger partial charge in [-0.3, -0.25) is 4.79 Å². The molecule has 1 aliphatic rings. The van der Waals surface area contributed by atoms with Crippen LogP contribution in [0.25, 0.3) is 11.3 Å². The van der Waals surface area contributed by atoms with Gasteiger partial charge in [0.25, 0.3) is 15.9 Å². The number of nitrogens with zero attached hydrogens (tertiary/aromatic N) is 3. The highest BCUT2D eigenvalue weighted by Gasteiger charge is 2.35. The van der Waals surface area contributed by atoms with E-state index in [1.54, 1.807) is 25.1 Å². The van der Waals surface area contributed by atoms with Gasteiger partial charge in [-0.25, -0.2) is 19.1 Å². The van der Waals surface area contributed by atoms with Crippen molar-refractivity contribution in [3.05, 3.63) is 59.5 Å². The van der Waals surface area contributed by atoms with Crippen molar-refractivity contribution in [1.29, 1.82) is 0 Å². The fraction of sp³-hybridized carbons (Fsp3) is 0.414. The van der Waals surface area contributed by atoms with Crippen molar-refractivity contribution in [2.75, 3.05) is 18.6 Å². The molecule has 2 aromatic heterocycles. The number of carbonyl (C=O) groups excluding carboxylic acids is 1. The molecular weight excluding hydrogens is 535 g/mol. The topological polar surface area (TPSA) is 111 Å². The van der Waals surface area contributed by atoms with Crippen LogP contribution in [-0.4, -0.2) is 50.1 Å². The van der Waals surface area contributed by atoms with E-state index >= 15 is 0 Å². The molecule has 0 spiro atoms. The number of aryl methyl sites for hydroxylation is 1. The summed E-state index contributed by atoms with van der Waals surface area (Å²) < 4.78 is 54.3. The molecule has 214 valence electrons. The van der Waals surface area contributed by atoms with Crippen LogP contribution in [0.5, 0.6) is 11.5 Å². The molecule has 3 aromatic rings. The number of methoxy groups -OCH3 is 1. The normalized spacial score (nSPS) is 17.2. The fourth-order valence-electron chi connectivity index (χ4n) is 4.78. The number of rotatable bonds is 9. The molecule has 11 heteroatoms. The number of hydrogen-bond acceptors (Lipinski definition) is 8. The van der Waals surface area contributed by atoms with E-state index in [2.05, 4.69) is 9.71 Å². The van der Waals surface area contributed by atoms with Gasteiger partial charge in [-0.1, -0.05) is 19.9 Å². The number of ether oxygens (including phenoxy) is 2. The zero-order valence-corrected chi connectivity index (χ0v) is 24.4. The second kappa shape index (κ2) is 11.8. The highest BCUT2D eigenvalue weighted by Crippen LogP contribution is 2.39. The predicted octanol–water partition coefficient (Wildman–Crippen LogP) is 5.13. The van der Waals surface area contributed by atoms with Crippen LogP contribution < -0.4 is 19.1 Å². The van der Waals surface area contributed by atoms with Crippen LogP contribution in [0.2, 0.25) is 0 Å². The minimum atomic E-state index is -4.29. The minimum absolute atomic E-state index is 0.0153. The van der Waals surface area contributed by atoms with Gasteiger partial charge in [-0.05, 0) is 63.8 Å². The molecule has 40 heavy (non-hydrogen) atoms. The van der Waals surface area contributed by atoms with Gasteiger partial charge in [0.2, 0.25) is 0 Å². The number of halogens is 1. The van der Waals surface area contributed by atoms with Gasteiger partial charge in [-0.2, -0.15) is 8.42 Å². The first kappa shape index (κ1) is 29.3. The van der Waals surface area contributed by atoms with Crippen LogP contribution in [-0.2, 0) is 10.0 Å². The largest absolute Gasteiger partial charge is 0.496 e. The Morgan fingerprint density at radius 1 is 1.12 bits per heavy atom. The second-order valence-electron chi connectivity index (χ2n) is 10.5. The molecule has 0 unspecified atom stereocenters. The Hall–Kier alpha value is -3.73. The Morgan fingerprint density at radius 3 is 2.45 bits per heavy atom. The van der Waals surface area contributed by atoms with Crippen LogP contribution >= 0.6 is 0 Å². The summed E-state index contributed by atoms with van der Waals surface area (Å²) in [5.74, 6) is -0.442. The van der Waals surface area contributed by atoms with Gasteiger partial charge < -0.3 is 14.4 Å². The maximum atomic E-state index is 14.6. The molecule has 0 radical (unpaired) electrons. The molecule has 1 fully saturated rings. The SMILES string of the molecule is COc1cc(-c2cc(F)cc(OCC(C)C)c2)nc(N2[C@H](C)CC[C@@H]2C)c1C(=O)NS(=O)(=O)c1cccc(C)n1. The highest BCUT2D eigenvalue weighted by molar-refractivity contribution is 7.90. The van der Waals surface area contributed by atoms with E-state index in [9.17, 15) is 17.6 Å². The van der Waals surface area contributed by atoms with E-state index in [1.165, 1.54) is 31.4 Å². The minimum Gasteiger partial charge on any atom is -0.496 e. The molecule has 2 atom stereocenters. The van der Waals surface area contributed by atoms with Crippen molar-refractivity contribution in [1.82, 2.24) is 14.7 Å². The molecule has 9 nitrogen and oxygen atoms in total. The molecule has 4 rings (SSSR count).